The van der Waals surface area contributed by atoms with Gasteiger partial charge in [0.05, 0.1) is 12.5 Å². The van der Waals surface area contributed by atoms with Gasteiger partial charge in [0, 0.05) is 26.1 Å². The molecule has 6 heteroatoms. The number of aliphatic carboxylic acids is 1. The van der Waals surface area contributed by atoms with Crippen molar-refractivity contribution in [2.75, 3.05) is 26.7 Å². The van der Waals surface area contributed by atoms with Gasteiger partial charge in [0.1, 0.15) is 0 Å². The van der Waals surface area contributed by atoms with Crippen LogP contribution < -0.4 is 0 Å². The Kier molecular flexibility index (Phi) is 4.98. The number of carboxylic acids is 1. The Bertz CT molecular complexity index is 453. The van der Waals surface area contributed by atoms with Crippen molar-refractivity contribution in [3.63, 3.8) is 0 Å². The highest BCUT2D eigenvalue weighted by Gasteiger charge is 2.30. The molecular formula is C15H22N2O4. The van der Waals surface area contributed by atoms with Gasteiger partial charge < -0.3 is 14.9 Å². The maximum absolute atomic E-state index is 12.2. The fraction of sp³-hybridized carbons (Fsp3) is 0.667. The quantitative estimate of drug-likeness (QED) is 0.776. The molecule has 0 saturated carbocycles. The van der Waals surface area contributed by atoms with Crippen molar-refractivity contribution in [3.05, 3.63) is 12.2 Å². The number of likely N-dealkylation sites (tertiary alicyclic amines) is 1. The number of carboxylic acid groups (broad SMARTS) is 1. The molecule has 1 heterocycles. The van der Waals surface area contributed by atoms with Crippen molar-refractivity contribution < 1.29 is 19.5 Å². The van der Waals surface area contributed by atoms with E-state index in [1.165, 1.54) is 4.90 Å². The summed E-state index contributed by atoms with van der Waals surface area (Å²) in [5.74, 6) is -1.56. The molecule has 0 aromatic heterocycles. The smallest absolute Gasteiger partial charge is 0.308 e. The predicted molar refractivity (Wildman–Crippen MR) is 76.4 cm³/mol. The standard InChI is InChI=1S/C15H22N2O4/c1-16(14(19)11-5-2-3-6-11)10-13(18)17-8-4-7-12(9-17)15(20)21/h2-3,11-12H,4-10H2,1H3,(H,20,21)/t12-/m1/s1. The second-order valence-electron chi connectivity index (χ2n) is 5.85. The SMILES string of the molecule is CN(CC(=O)N1CCC[C@@H](C(=O)O)C1)C(=O)C1CC=CC1. The molecule has 1 fully saturated rings. The molecule has 2 aliphatic rings. The number of hydrogen-bond donors (Lipinski definition) is 1. The van der Waals surface area contributed by atoms with E-state index in [4.69, 9.17) is 5.11 Å². The monoisotopic (exact) mass is 294 g/mol. The van der Waals surface area contributed by atoms with E-state index in [2.05, 4.69) is 0 Å². The van der Waals surface area contributed by atoms with Crippen LogP contribution in [0.3, 0.4) is 0 Å². The highest BCUT2D eigenvalue weighted by atomic mass is 16.4. The van der Waals surface area contributed by atoms with Crippen LogP contribution in [0.5, 0.6) is 0 Å². The number of allylic oxidation sites excluding steroid dienone is 2. The van der Waals surface area contributed by atoms with Gasteiger partial charge in [0.15, 0.2) is 0 Å². The van der Waals surface area contributed by atoms with Gasteiger partial charge in [-0.1, -0.05) is 12.2 Å². The van der Waals surface area contributed by atoms with Crippen LogP contribution in [0.4, 0.5) is 0 Å². The van der Waals surface area contributed by atoms with Crippen molar-refractivity contribution in [1.29, 1.82) is 0 Å². The molecule has 1 N–H and O–H groups in total. The van der Waals surface area contributed by atoms with E-state index >= 15 is 0 Å². The van der Waals surface area contributed by atoms with E-state index in [-0.39, 0.29) is 30.8 Å². The third kappa shape index (κ3) is 3.83. The highest BCUT2D eigenvalue weighted by molar-refractivity contribution is 5.86. The fourth-order valence-corrected chi connectivity index (χ4v) is 2.92. The lowest BCUT2D eigenvalue weighted by atomic mass is 9.98. The van der Waals surface area contributed by atoms with Gasteiger partial charge in [0.2, 0.25) is 11.8 Å². The Morgan fingerprint density at radius 1 is 1.24 bits per heavy atom. The Morgan fingerprint density at radius 2 is 1.90 bits per heavy atom. The zero-order valence-electron chi connectivity index (χ0n) is 12.3. The fourth-order valence-electron chi connectivity index (χ4n) is 2.92. The molecule has 0 radical (unpaired) electrons. The number of carbonyl (C=O) groups excluding carboxylic acids is 2. The Labute approximate surface area is 124 Å². The lowest BCUT2D eigenvalue weighted by molar-refractivity contribution is -0.147. The molecule has 21 heavy (non-hydrogen) atoms. The predicted octanol–water partition coefficient (Wildman–Crippen LogP) is 0.734. The summed E-state index contributed by atoms with van der Waals surface area (Å²) >= 11 is 0. The first-order valence-corrected chi connectivity index (χ1v) is 7.39. The first-order chi connectivity index (χ1) is 9.99. The van der Waals surface area contributed by atoms with E-state index in [0.29, 0.717) is 19.4 Å². The molecule has 1 aliphatic carbocycles. The summed E-state index contributed by atoms with van der Waals surface area (Å²) in [4.78, 5) is 38.4. The van der Waals surface area contributed by atoms with Gasteiger partial charge >= 0.3 is 5.97 Å². The minimum atomic E-state index is -0.853. The molecule has 0 spiro atoms. The minimum absolute atomic E-state index is 0.0138. The number of nitrogens with zero attached hydrogens (tertiary/aromatic N) is 2. The van der Waals surface area contributed by atoms with Crippen molar-refractivity contribution in [2.24, 2.45) is 11.8 Å². The normalized spacial score (nSPS) is 22.3. The summed E-state index contributed by atoms with van der Waals surface area (Å²) in [6.07, 6.45) is 6.76. The molecule has 0 aromatic rings. The van der Waals surface area contributed by atoms with Crippen molar-refractivity contribution in [2.45, 2.75) is 25.7 Å². The number of hydrogen-bond acceptors (Lipinski definition) is 3. The molecule has 0 bridgehead atoms. The van der Waals surface area contributed by atoms with E-state index in [0.717, 1.165) is 12.8 Å². The average molecular weight is 294 g/mol. The topological polar surface area (TPSA) is 77.9 Å². The maximum Gasteiger partial charge on any atom is 0.308 e. The molecule has 1 aliphatic heterocycles. The summed E-state index contributed by atoms with van der Waals surface area (Å²) < 4.78 is 0. The summed E-state index contributed by atoms with van der Waals surface area (Å²) in [6.45, 7) is 0.860. The Balaban J connectivity index is 1.85. The number of rotatable bonds is 4. The van der Waals surface area contributed by atoms with Gasteiger partial charge in [0.25, 0.3) is 0 Å². The van der Waals surface area contributed by atoms with E-state index < -0.39 is 11.9 Å². The molecule has 2 amide bonds. The third-order valence-corrected chi connectivity index (χ3v) is 4.23. The van der Waals surface area contributed by atoms with Crippen LogP contribution in [0.15, 0.2) is 12.2 Å². The van der Waals surface area contributed by atoms with Crippen LogP contribution in [-0.2, 0) is 14.4 Å². The largest absolute Gasteiger partial charge is 0.481 e. The molecule has 0 aromatic carbocycles. The van der Waals surface area contributed by atoms with E-state index in [1.807, 2.05) is 12.2 Å². The number of amides is 2. The number of carbonyl (C=O) groups is 3. The van der Waals surface area contributed by atoms with Gasteiger partial charge in [-0.3, -0.25) is 14.4 Å². The van der Waals surface area contributed by atoms with E-state index in [9.17, 15) is 14.4 Å². The molecule has 116 valence electrons. The van der Waals surface area contributed by atoms with Crippen molar-refractivity contribution in [3.8, 4) is 0 Å². The van der Waals surface area contributed by atoms with Crippen molar-refractivity contribution in [1.82, 2.24) is 9.80 Å². The van der Waals surface area contributed by atoms with Crippen LogP contribution in [0, 0.1) is 11.8 Å². The Morgan fingerprint density at radius 3 is 2.52 bits per heavy atom. The molecular weight excluding hydrogens is 272 g/mol. The van der Waals surface area contributed by atoms with Gasteiger partial charge in [-0.05, 0) is 25.7 Å². The molecule has 6 nitrogen and oxygen atoms in total. The van der Waals surface area contributed by atoms with Gasteiger partial charge in [-0.2, -0.15) is 0 Å². The lowest BCUT2D eigenvalue weighted by Gasteiger charge is -2.32. The summed E-state index contributed by atoms with van der Waals surface area (Å²) in [6, 6.07) is 0. The third-order valence-electron chi connectivity index (χ3n) is 4.23. The number of likely N-dealkylation sites (N-methyl/N-ethyl adjacent to an activating group) is 1. The minimum Gasteiger partial charge on any atom is -0.481 e. The summed E-state index contributed by atoms with van der Waals surface area (Å²) in [7, 11) is 1.64. The zero-order chi connectivity index (χ0) is 15.4. The number of piperidine rings is 1. The Hall–Kier alpha value is -1.85. The van der Waals surface area contributed by atoms with Crippen LogP contribution in [0.2, 0.25) is 0 Å². The lowest BCUT2D eigenvalue weighted by Crippen LogP contribution is -2.47. The first-order valence-electron chi connectivity index (χ1n) is 7.39. The summed E-state index contributed by atoms with van der Waals surface area (Å²) in [5.41, 5.74) is 0. The van der Waals surface area contributed by atoms with Gasteiger partial charge in [-0.15, -0.1) is 0 Å². The van der Waals surface area contributed by atoms with E-state index in [1.54, 1.807) is 11.9 Å². The maximum atomic E-state index is 12.2. The van der Waals surface area contributed by atoms with Crippen LogP contribution in [0.25, 0.3) is 0 Å². The van der Waals surface area contributed by atoms with Crippen LogP contribution in [0.1, 0.15) is 25.7 Å². The molecule has 0 unspecified atom stereocenters. The summed E-state index contributed by atoms with van der Waals surface area (Å²) in [5, 5.41) is 9.04. The second-order valence-corrected chi connectivity index (χ2v) is 5.85. The van der Waals surface area contributed by atoms with Crippen LogP contribution >= 0.6 is 0 Å². The van der Waals surface area contributed by atoms with Crippen molar-refractivity contribution >= 4 is 17.8 Å². The van der Waals surface area contributed by atoms with Crippen LogP contribution in [-0.4, -0.2) is 59.4 Å². The molecule has 1 saturated heterocycles. The average Bonchev–Trinajstić information content (AvgIpc) is 3.00. The highest BCUT2D eigenvalue weighted by Crippen LogP contribution is 2.20. The van der Waals surface area contributed by atoms with Gasteiger partial charge in [-0.25, -0.2) is 0 Å². The second kappa shape index (κ2) is 6.74. The first kappa shape index (κ1) is 15.5. The molecule has 1 atom stereocenters. The zero-order valence-corrected chi connectivity index (χ0v) is 12.3. The molecule has 2 rings (SSSR count).